The van der Waals surface area contributed by atoms with Crippen LogP contribution in [0.25, 0.3) is 0 Å². The summed E-state index contributed by atoms with van der Waals surface area (Å²) < 4.78 is 29.8. The Morgan fingerprint density at radius 2 is 1.88 bits per heavy atom. The van der Waals surface area contributed by atoms with Gasteiger partial charge < -0.3 is 15.3 Å². The molecular formula is C8H19NO6S. The maximum atomic E-state index is 10.6. The van der Waals surface area contributed by atoms with Crippen LogP contribution < -0.4 is 0 Å². The number of rotatable bonds is 8. The first kappa shape index (κ1) is 15.8. The first-order valence-electron chi connectivity index (χ1n) is 4.96. The van der Waals surface area contributed by atoms with E-state index in [-0.39, 0.29) is 32.3 Å². The van der Waals surface area contributed by atoms with Crippen LogP contribution in [0, 0.1) is 0 Å². The predicted octanol–water partition coefficient (Wildman–Crippen LogP) is -1.74. The molecule has 0 fully saturated rings. The summed E-state index contributed by atoms with van der Waals surface area (Å²) in [6, 6.07) is -0.358. The van der Waals surface area contributed by atoms with Gasteiger partial charge in [-0.15, -0.1) is 0 Å². The molecule has 0 aliphatic heterocycles. The smallest absolute Gasteiger partial charge is 0.293 e. The SMILES string of the molecule is CCC(CO)N(CCO)CC(O)S(=O)(=O)O. The van der Waals surface area contributed by atoms with Gasteiger partial charge in [0.05, 0.1) is 13.2 Å². The quantitative estimate of drug-likeness (QED) is 0.381. The molecular weight excluding hydrogens is 238 g/mol. The molecule has 0 rings (SSSR count). The zero-order valence-electron chi connectivity index (χ0n) is 9.15. The highest BCUT2D eigenvalue weighted by molar-refractivity contribution is 7.86. The largest absolute Gasteiger partial charge is 0.395 e. The van der Waals surface area contributed by atoms with Crippen LogP contribution in [-0.4, -0.2) is 71.0 Å². The van der Waals surface area contributed by atoms with Gasteiger partial charge in [-0.3, -0.25) is 9.45 Å². The Hall–Kier alpha value is -0.250. The van der Waals surface area contributed by atoms with Gasteiger partial charge in [-0.25, -0.2) is 0 Å². The van der Waals surface area contributed by atoms with Crippen molar-refractivity contribution >= 4 is 10.1 Å². The average Bonchev–Trinajstić information content (AvgIpc) is 2.18. The van der Waals surface area contributed by atoms with Gasteiger partial charge in [-0.2, -0.15) is 8.42 Å². The van der Waals surface area contributed by atoms with Crippen LogP contribution in [0.3, 0.4) is 0 Å². The minimum absolute atomic E-state index is 0.117. The van der Waals surface area contributed by atoms with Crippen molar-refractivity contribution in [2.45, 2.75) is 24.8 Å². The van der Waals surface area contributed by atoms with E-state index in [4.69, 9.17) is 14.8 Å². The molecule has 16 heavy (non-hydrogen) atoms. The molecule has 7 nitrogen and oxygen atoms in total. The fourth-order valence-corrected chi connectivity index (χ4v) is 1.73. The summed E-state index contributed by atoms with van der Waals surface area (Å²) in [5, 5.41) is 27.0. The Labute approximate surface area is 95.1 Å². The maximum Gasteiger partial charge on any atom is 0.293 e. The fraction of sp³-hybridized carbons (Fsp3) is 1.00. The van der Waals surface area contributed by atoms with E-state index in [0.29, 0.717) is 6.42 Å². The highest BCUT2D eigenvalue weighted by Crippen LogP contribution is 2.07. The first-order chi connectivity index (χ1) is 7.36. The van der Waals surface area contributed by atoms with Crippen LogP contribution in [0.4, 0.5) is 0 Å². The molecule has 0 bridgehead atoms. The summed E-state index contributed by atoms with van der Waals surface area (Å²) >= 11 is 0. The summed E-state index contributed by atoms with van der Waals surface area (Å²) in [6.45, 7) is 1.11. The lowest BCUT2D eigenvalue weighted by Gasteiger charge is -2.29. The van der Waals surface area contributed by atoms with Crippen molar-refractivity contribution in [2.24, 2.45) is 0 Å². The van der Waals surface area contributed by atoms with Crippen LogP contribution in [0.5, 0.6) is 0 Å². The molecule has 8 heteroatoms. The van der Waals surface area contributed by atoms with E-state index < -0.39 is 15.6 Å². The third kappa shape index (κ3) is 5.19. The van der Waals surface area contributed by atoms with Crippen molar-refractivity contribution in [1.82, 2.24) is 4.90 Å². The molecule has 0 aromatic carbocycles. The molecule has 0 saturated heterocycles. The second-order valence-electron chi connectivity index (χ2n) is 3.43. The van der Waals surface area contributed by atoms with Gasteiger partial charge >= 0.3 is 0 Å². The van der Waals surface area contributed by atoms with Gasteiger partial charge in [-0.1, -0.05) is 6.92 Å². The monoisotopic (exact) mass is 257 g/mol. The Morgan fingerprint density at radius 3 is 2.19 bits per heavy atom. The topological polar surface area (TPSA) is 118 Å². The predicted molar refractivity (Wildman–Crippen MR) is 57.4 cm³/mol. The summed E-state index contributed by atoms with van der Waals surface area (Å²) in [5.74, 6) is 0. The lowest BCUT2D eigenvalue weighted by molar-refractivity contribution is 0.0699. The number of hydrogen-bond donors (Lipinski definition) is 4. The standard InChI is InChI=1S/C8H19NO6S/c1-2-7(6-11)9(3-4-10)5-8(12)16(13,14)15/h7-8,10-12H,2-6H2,1H3,(H,13,14,15). The summed E-state index contributed by atoms with van der Waals surface area (Å²) in [4.78, 5) is 1.42. The van der Waals surface area contributed by atoms with E-state index in [1.54, 1.807) is 6.92 Å². The Morgan fingerprint density at radius 1 is 1.31 bits per heavy atom. The van der Waals surface area contributed by atoms with Gasteiger partial charge in [0.2, 0.25) is 0 Å². The van der Waals surface area contributed by atoms with Crippen molar-refractivity contribution in [2.75, 3.05) is 26.3 Å². The third-order valence-corrected chi connectivity index (χ3v) is 3.16. The molecule has 0 aliphatic rings. The van der Waals surface area contributed by atoms with E-state index in [2.05, 4.69) is 0 Å². The Kier molecular flexibility index (Phi) is 7.04. The molecule has 0 radical (unpaired) electrons. The minimum atomic E-state index is -4.52. The zero-order valence-corrected chi connectivity index (χ0v) is 9.97. The maximum absolute atomic E-state index is 10.6. The molecule has 0 aromatic heterocycles. The number of hydrogen-bond acceptors (Lipinski definition) is 6. The van der Waals surface area contributed by atoms with E-state index in [9.17, 15) is 13.5 Å². The van der Waals surface area contributed by atoms with Crippen LogP contribution in [0.1, 0.15) is 13.3 Å². The molecule has 98 valence electrons. The van der Waals surface area contributed by atoms with Crippen molar-refractivity contribution in [3.05, 3.63) is 0 Å². The van der Waals surface area contributed by atoms with Crippen LogP contribution >= 0.6 is 0 Å². The van der Waals surface area contributed by atoms with Gasteiger partial charge in [0, 0.05) is 19.1 Å². The summed E-state index contributed by atoms with van der Waals surface area (Å²) in [6.07, 6.45) is 0.536. The van der Waals surface area contributed by atoms with Gasteiger partial charge in [0.1, 0.15) is 0 Å². The normalized spacial score (nSPS) is 16.4. The first-order valence-corrected chi connectivity index (χ1v) is 6.47. The Bertz CT molecular complexity index is 276. The molecule has 4 N–H and O–H groups in total. The van der Waals surface area contributed by atoms with Crippen molar-refractivity contribution in [3.8, 4) is 0 Å². The molecule has 0 saturated carbocycles. The van der Waals surface area contributed by atoms with Crippen LogP contribution in [0.2, 0.25) is 0 Å². The fourth-order valence-electron chi connectivity index (χ4n) is 1.35. The molecule has 2 unspecified atom stereocenters. The molecule has 0 heterocycles. The molecule has 0 aromatic rings. The van der Waals surface area contributed by atoms with E-state index >= 15 is 0 Å². The zero-order chi connectivity index (χ0) is 12.8. The van der Waals surface area contributed by atoms with E-state index in [0.717, 1.165) is 0 Å². The van der Waals surface area contributed by atoms with Gasteiger partial charge in [-0.05, 0) is 6.42 Å². The average molecular weight is 257 g/mol. The highest BCUT2D eigenvalue weighted by Gasteiger charge is 2.25. The van der Waals surface area contributed by atoms with E-state index in [1.807, 2.05) is 0 Å². The van der Waals surface area contributed by atoms with Crippen molar-refractivity contribution in [3.63, 3.8) is 0 Å². The lowest BCUT2D eigenvalue weighted by Crippen LogP contribution is -2.45. The number of nitrogens with zero attached hydrogens (tertiary/aromatic N) is 1. The van der Waals surface area contributed by atoms with Crippen LogP contribution in [0.15, 0.2) is 0 Å². The molecule has 0 amide bonds. The molecule has 2 atom stereocenters. The number of aliphatic hydroxyl groups excluding tert-OH is 3. The highest BCUT2D eigenvalue weighted by atomic mass is 32.2. The minimum Gasteiger partial charge on any atom is -0.395 e. The van der Waals surface area contributed by atoms with E-state index in [1.165, 1.54) is 4.90 Å². The third-order valence-electron chi connectivity index (χ3n) is 2.32. The van der Waals surface area contributed by atoms with Gasteiger partial charge in [0.25, 0.3) is 10.1 Å². The second-order valence-corrected chi connectivity index (χ2v) is 5.01. The summed E-state index contributed by atoms with van der Waals surface area (Å²) in [5.41, 5.74) is -1.93. The van der Waals surface area contributed by atoms with Crippen molar-refractivity contribution in [1.29, 1.82) is 0 Å². The van der Waals surface area contributed by atoms with Crippen molar-refractivity contribution < 1.29 is 28.3 Å². The van der Waals surface area contributed by atoms with Crippen LogP contribution in [-0.2, 0) is 10.1 Å². The lowest BCUT2D eigenvalue weighted by atomic mass is 10.2. The Balaban J connectivity index is 4.55. The van der Waals surface area contributed by atoms with Gasteiger partial charge in [0.15, 0.2) is 5.44 Å². The molecule has 0 aliphatic carbocycles. The molecule has 0 spiro atoms. The number of aliphatic hydroxyl groups is 3. The second kappa shape index (κ2) is 7.15. The summed E-state index contributed by atoms with van der Waals surface area (Å²) in [7, 11) is -4.52.